The number of amides is 1. The fourth-order valence-corrected chi connectivity index (χ4v) is 5.16. The van der Waals surface area contributed by atoms with Crippen LogP contribution in [0.3, 0.4) is 0 Å². The van der Waals surface area contributed by atoms with E-state index in [0.29, 0.717) is 37.7 Å². The summed E-state index contributed by atoms with van der Waals surface area (Å²) >= 11 is 0. The van der Waals surface area contributed by atoms with Crippen LogP contribution in [0.4, 0.5) is 0 Å². The first-order valence-corrected chi connectivity index (χ1v) is 11.5. The van der Waals surface area contributed by atoms with Gasteiger partial charge in [-0.2, -0.15) is 0 Å². The molecule has 5 rings (SSSR count). The highest BCUT2D eigenvalue weighted by Gasteiger charge is 2.31. The summed E-state index contributed by atoms with van der Waals surface area (Å²) in [6.45, 7) is 2.74. The number of hydrogen-bond donors (Lipinski definition) is 0. The van der Waals surface area contributed by atoms with Crippen molar-refractivity contribution in [1.82, 2.24) is 13.4 Å². The van der Waals surface area contributed by atoms with Gasteiger partial charge in [0.05, 0.1) is 36.0 Å². The van der Waals surface area contributed by atoms with E-state index in [1.165, 1.54) is 16.8 Å². The monoisotopic (exact) mass is 401 g/mol. The number of ether oxygens (including phenoxy) is 1. The van der Waals surface area contributed by atoms with Gasteiger partial charge in [-0.05, 0) is 30.9 Å². The quantitative estimate of drug-likeness (QED) is 0.672. The van der Waals surface area contributed by atoms with Crippen LogP contribution in [0.25, 0.3) is 21.9 Å². The highest BCUT2D eigenvalue weighted by molar-refractivity contribution is 7.89. The molecule has 7 nitrogen and oxygen atoms in total. The zero-order valence-electron chi connectivity index (χ0n) is 15.8. The molecule has 1 aliphatic carbocycles. The van der Waals surface area contributed by atoms with Gasteiger partial charge in [-0.3, -0.25) is 4.79 Å². The van der Waals surface area contributed by atoms with E-state index in [1.54, 1.807) is 11.0 Å². The molecule has 1 aliphatic heterocycles. The Bertz CT molecular complexity index is 1180. The third-order valence-electron chi connectivity index (χ3n) is 5.67. The van der Waals surface area contributed by atoms with Crippen LogP contribution in [0.5, 0.6) is 0 Å². The van der Waals surface area contributed by atoms with Gasteiger partial charge in [0, 0.05) is 25.0 Å². The smallest absolute Gasteiger partial charge is 0.271 e. The van der Waals surface area contributed by atoms with Gasteiger partial charge in [-0.1, -0.05) is 18.2 Å². The molecule has 8 heteroatoms. The molecule has 0 radical (unpaired) electrons. The first-order chi connectivity index (χ1) is 13.4. The number of rotatable bonds is 4. The van der Waals surface area contributed by atoms with Crippen LogP contribution in [0.2, 0.25) is 0 Å². The molecule has 1 aromatic carbocycles. The highest BCUT2D eigenvalue weighted by atomic mass is 32.2. The second-order valence-corrected chi connectivity index (χ2v) is 9.60. The van der Waals surface area contributed by atoms with E-state index in [2.05, 4.69) is 4.57 Å². The molecule has 2 fully saturated rings. The van der Waals surface area contributed by atoms with Crippen molar-refractivity contribution in [2.45, 2.75) is 19.4 Å². The summed E-state index contributed by atoms with van der Waals surface area (Å²) < 4.78 is 34.3. The average Bonchev–Trinajstić information content (AvgIpc) is 3.34. The molecule has 0 unspecified atom stereocenters. The summed E-state index contributed by atoms with van der Waals surface area (Å²) in [5, 5.41) is 0.865. The van der Waals surface area contributed by atoms with Gasteiger partial charge < -0.3 is 14.2 Å². The summed E-state index contributed by atoms with van der Waals surface area (Å²) in [4.78, 5) is 14.9. The van der Waals surface area contributed by atoms with Crippen molar-refractivity contribution in [2.24, 2.45) is 5.92 Å². The predicted octanol–water partition coefficient (Wildman–Crippen LogP) is 2.29. The molecule has 2 aliphatic rings. The van der Waals surface area contributed by atoms with Crippen LogP contribution in [0.15, 0.2) is 30.3 Å². The topological polar surface area (TPSA) is 73.5 Å². The van der Waals surface area contributed by atoms with E-state index in [1.807, 2.05) is 24.3 Å². The van der Waals surface area contributed by atoms with Crippen LogP contribution in [-0.2, 0) is 21.3 Å². The lowest BCUT2D eigenvalue weighted by Crippen LogP contribution is -2.41. The van der Waals surface area contributed by atoms with Crippen molar-refractivity contribution in [3.63, 3.8) is 0 Å². The minimum absolute atomic E-state index is 0.213. The largest absolute Gasteiger partial charge is 0.378 e. The molecular weight excluding hydrogens is 378 g/mol. The third kappa shape index (κ3) is 2.82. The molecular formula is C20H23N3O4S. The van der Waals surface area contributed by atoms with Crippen LogP contribution >= 0.6 is 0 Å². The maximum absolute atomic E-state index is 13.2. The van der Waals surface area contributed by atoms with Gasteiger partial charge in [0.2, 0.25) is 10.0 Å². The summed E-state index contributed by atoms with van der Waals surface area (Å²) in [5.41, 5.74) is 2.65. The van der Waals surface area contributed by atoms with Gasteiger partial charge in [0.25, 0.3) is 5.91 Å². The number of morpholine rings is 1. The fraction of sp³-hybridized carbons (Fsp3) is 0.450. The molecule has 0 spiro atoms. The Morgan fingerprint density at radius 3 is 2.54 bits per heavy atom. The highest BCUT2D eigenvalue weighted by Crippen LogP contribution is 2.37. The SMILES string of the molecule is CS(=O)(=O)n1c(C(=O)N2CCOCC2)cc2c1c1ccccc1n2CC1CC1. The van der Waals surface area contributed by atoms with Gasteiger partial charge in [0.1, 0.15) is 5.69 Å². The van der Waals surface area contributed by atoms with E-state index in [-0.39, 0.29) is 11.6 Å². The Kier molecular flexibility index (Phi) is 4.03. The van der Waals surface area contributed by atoms with Gasteiger partial charge in [-0.25, -0.2) is 12.4 Å². The fourth-order valence-electron chi connectivity index (χ4n) is 4.15. The lowest BCUT2D eigenvalue weighted by atomic mass is 10.2. The lowest BCUT2D eigenvalue weighted by molar-refractivity contribution is 0.0298. The second-order valence-electron chi connectivity index (χ2n) is 7.77. The van der Waals surface area contributed by atoms with E-state index in [9.17, 15) is 13.2 Å². The molecule has 0 atom stereocenters. The van der Waals surface area contributed by atoms with Gasteiger partial charge in [-0.15, -0.1) is 0 Å². The predicted molar refractivity (Wildman–Crippen MR) is 107 cm³/mol. The molecule has 0 N–H and O–H groups in total. The molecule has 1 saturated heterocycles. The Balaban J connectivity index is 1.78. The van der Waals surface area contributed by atoms with E-state index >= 15 is 0 Å². The third-order valence-corrected chi connectivity index (χ3v) is 6.71. The number of nitrogens with zero attached hydrogens (tertiary/aromatic N) is 3. The summed E-state index contributed by atoms with van der Waals surface area (Å²) in [5.74, 6) is 0.367. The summed E-state index contributed by atoms with van der Waals surface area (Å²) in [6.07, 6.45) is 3.55. The first kappa shape index (κ1) is 17.8. The lowest BCUT2D eigenvalue weighted by Gasteiger charge is -2.27. The Morgan fingerprint density at radius 1 is 1.14 bits per heavy atom. The van der Waals surface area contributed by atoms with E-state index in [0.717, 1.165) is 29.2 Å². The summed E-state index contributed by atoms with van der Waals surface area (Å²) in [6, 6.07) is 9.59. The van der Waals surface area contributed by atoms with Crippen molar-refractivity contribution in [3.8, 4) is 0 Å². The van der Waals surface area contributed by atoms with Crippen LogP contribution in [0, 0.1) is 5.92 Å². The standard InChI is InChI=1S/C20H23N3O4S/c1-28(25,26)23-18(20(24)21-8-10-27-11-9-21)12-17-19(23)15-4-2-3-5-16(15)22(17)13-14-6-7-14/h2-5,12,14H,6-11,13H2,1H3. The van der Waals surface area contributed by atoms with Crippen molar-refractivity contribution < 1.29 is 17.9 Å². The molecule has 148 valence electrons. The van der Waals surface area contributed by atoms with Crippen molar-refractivity contribution in [3.05, 3.63) is 36.0 Å². The molecule has 3 heterocycles. The molecule has 28 heavy (non-hydrogen) atoms. The maximum Gasteiger partial charge on any atom is 0.271 e. The minimum Gasteiger partial charge on any atom is -0.378 e. The Morgan fingerprint density at radius 2 is 1.86 bits per heavy atom. The van der Waals surface area contributed by atoms with E-state index in [4.69, 9.17) is 4.74 Å². The normalized spacial score (nSPS) is 18.2. The number of aromatic nitrogens is 2. The van der Waals surface area contributed by atoms with Crippen molar-refractivity contribution >= 4 is 37.9 Å². The molecule has 1 amide bonds. The zero-order valence-corrected chi connectivity index (χ0v) is 16.6. The number of carbonyl (C=O) groups excluding carboxylic acids is 1. The summed E-state index contributed by atoms with van der Waals surface area (Å²) in [7, 11) is -3.67. The van der Waals surface area contributed by atoms with Crippen LogP contribution < -0.4 is 0 Å². The van der Waals surface area contributed by atoms with E-state index < -0.39 is 10.0 Å². The molecule has 2 aromatic heterocycles. The Hall–Kier alpha value is -2.32. The number of carbonyl (C=O) groups is 1. The second kappa shape index (κ2) is 6.35. The number of hydrogen-bond acceptors (Lipinski definition) is 4. The average molecular weight is 401 g/mol. The molecule has 3 aromatic rings. The van der Waals surface area contributed by atoms with Crippen LogP contribution in [-0.4, -0.2) is 60.3 Å². The Labute approximate surface area is 163 Å². The zero-order chi connectivity index (χ0) is 19.5. The molecule has 1 saturated carbocycles. The molecule has 0 bridgehead atoms. The minimum atomic E-state index is -3.67. The van der Waals surface area contributed by atoms with Crippen molar-refractivity contribution in [1.29, 1.82) is 0 Å². The number of benzene rings is 1. The van der Waals surface area contributed by atoms with Gasteiger partial charge >= 0.3 is 0 Å². The van der Waals surface area contributed by atoms with Gasteiger partial charge in [0.15, 0.2) is 0 Å². The van der Waals surface area contributed by atoms with Crippen molar-refractivity contribution in [2.75, 3.05) is 32.6 Å². The number of para-hydroxylation sites is 1. The number of fused-ring (bicyclic) bond motifs is 3. The first-order valence-electron chi connectivity index (χ1n) is 9.65. The maximum atomic E-state index is 13.2. The van der Waals surface area contributed by atoms with Crippen LogP contribution in [0.1, 0.15) is 23.3 Å².